The number of anilines is 2. The van der Waals surface area contributed by atoms with Gasteiger partial charge in [0.15, 0.2) is 5.82 Å². The van der Waals surface area contributed by atoms with Crippen LogP contribution in [0, 0.1) is 0 Å². The summed E-state index contributed by atoms with van der Waals surface area (Å²) in [6.07, 6.45) is 5.83. The van der Waals surface area contributed by atoms with E-state index in [2.05, 4.69) is 50.1 Å². The molecule has 2 aromatic carbocycles. The summed E-state index contributed by atoms with van der Waals surface area (Å²) < 4.78 is 3.72. The Kier molecular flexibility index (Phi) is 5.48. The van der Waals surface area contributed by atoms with E-state index >= 15 is 0 Å². The zero-order chi connectivity index (χ0) is 22.8. The normalized spacial score (nSPS) is 11.2. The van der Waals surface area contributed by atoms with Gasteiger partial charge in [-0.05, 0) is 42.7 Å². The van der Waals surface area contributed by atoms with Gasteiger partial charge in [0.2, 0.25) is 0 Å². The number of carbonyl (C=O) groups excluding carboxylic acids is 1. The Morgan fingerprint density at radius 1 is 1.06 bits per heavy atom. The van der Waals surface area contributed by atoms with E-state index in [9.17, 15) is 4.79 Å². The number of aryl methyl sites for hydroxylation is 1. The van der Waals surface area contributed by atoms with Crippen molar-refractivity contribution in [2.75, 3.05) is 11.9 Å². The molecule has 0 aliphatic carbocycles. The van der Waals surface area contributed by atoms with E-state index in [4.69, 9.17) is 0 Å². The number of amides is 1. The van der Waals surface area contributed by atoms with Crippen LogP contribution in [0.3, 0.4) is 0 Å². The third-order valence-corrected chi connectivity index (χ3v) is 5.69. The average molecular weight is 440 g/mol. The summed E-state index contributed by atoms with van der Waals surface area (Å²) in [6.45, 7) is 5.23. The molecule has 0 fully saturated rings. The summed E-state index contributed by atoms with van der Waals surface area (Å²) in [7, 11) is 0. The Bertz CT molecular complexity index is 1440. The van der Waals surface area contributed by atoms with Crippen LogP contribution in [0.15, 0.2) is 67.3 Å². The Hall–Kier alpha value is -4.20. The van der Waals surface area contributed by atoms with Crippen LogP contribution in [0.2, 0.25) is 0 Å². The van der Waals surface area contributed by atoms with Crippen LogP contribution in [0.4, 0.5) is 11.5 Å². The summed E-state index contributed by atoms with van der Waals surface area (Å²) in [5.41, 5.74) is 5.51. The number of hydrogen-bond acceptors (Lipinski definition) is 5. The van der Waals surface area contributed by atoms with Crippen molar-refractivity contribution in [2.45, 2.75) is 26.8 Å². The fraction of sp³-hybridized carbons (Fsp3) is 0.200. The van der Waals surface area contributed by atoms with Gasteiger partial charge in [-0.25, -0.2) is 9.50 Å². The molecule has 3 heterocycles. The van der Waals surface area contributed by atoms with Crippen molar-refractivity contribution in [3.63, 3.8) is 0 Å². The first-order valence-corrected chi connectivity index (χ1v) is 11.1. The fourth-order valence-electron chi connectivity index (χ4n) is 4.16. The number of rotatable bonds is 7. The largest absolute Gasteiger partial charge is 0.352 e. The lowest BCUT2D eigenvalue weighted by Gasteiger charge is -2.09. The lowest BCUT2D eigenvalue weighted by atomic mass is 10.1. The fourth-order valence-corrected chi connectivity index (χ4v) is 4.16. The highest BCUT2D eigenvalue weighted by Gasteiger charge is 2.19. The predicted molar refractivity (Wildman–Crippen MR) is 129 cm³/mol. The van der Waals surface area contributed by atoms with Crippen LogP contribution in [-0.2, 0) is 13.0 Å². The molecule has 1 amide bonds. The SMILES string of the molecule is CCNC(=O)c1cn2ncnc(Nc3ccc4c(cnn4Cc4ccccc4)c3)c2c1CC. The second-order valence-corrected chi connectivity index (χ2v) is 7.82. The van der Waals surface area contributed by atoms with Gasteiger partial charge in [-0.15, -0.1) is 0 Å². The molecule has 8 nitrogen and oxygen atoms in total. The third-order valence-electron chi connectivity index (χ3n) is 5.69. The summed E-state index contributed by atoms with van der Waals surface area (Å²) in [4.78, 5) is 17.0. The zero-order valence-corrected chi connectivity index (χ0v) is 18.6. The maximum absolute atomic E-state index is 12.5. The van der Waals surface area contributed by atoms with Crippen molar-refractivity contribution in [3.05, 3.63) is 83.9 Å². The molecule has 33 heavy (non-hydrogen) atoms. The van der Waals surface area contributed by atoms with Crippen LogP contribution in [0.1, 0.15) is 35.3 Å². The Labute approximate surface area is 191 Å². The number of aromatic nitrogens is 5. The standard InChI is InChI=1S/C25H25N7O/c1-3-20-21(25(33)26-4-2)15-32-23(20)24(27-16-29-32)30-19-10-11-22-18(12-19)13-28-31(22)14-17-8-6-5-7-9-17/h5-13,15-16H,3-4,14H2,1-2H3,(H,26,33)(H,27,29,30). The topological polar surface area (TPSA) is 89.1 Å². The average Bonchev–Trinajstić information content (AvgIpc) is 3.41. The number of nitrogens with one attached hydrogen (secondary N) is 2. The van der Waals surface area contributed by atoms with Gasteiger partial charge in [-0.2, -0.15) is 10.2 Å². The van der Waals surface area contributed by atoms with Crippen molar-refractivity contribution in [1.29, 1.82) is 0 Å². The quantitative estimate of drug-likeness (QED) is 0.397. The van der Waals surface area contributed by atoms with Gasteiger partial charge in [0, 0.05) is 23.8 Å². The first kappa shape index (κ1) is 20.7. The van der Waals surface area contributed by atoms with Gasteiger partial charge < -0.3 is 10.6 Å². The Morgan fingerprint density at radius 3 is 2.70 bits per heavy atom. The molecule has 0 unspecified atom stereocenters. The Morgan fingerprint density at radius 2 is 1.91 bits per heavy atom. The molecule has 5 aromatic rings. The third kappa shape index (κ3) is 3.91. The molecule has 3 aromatic heterocycles. The van der Waals surface area contributed by atoms with E-state index in [1.165, 1.54) is 11.9 Å². The molecule has 166 valence electrons. The maximum Gasteiger partial charge on any atom is 0.253 e. The van der Waals surface area contributed by atoms with Gasteiger partial charge in [0.1, 0.15) is 11.8 Å². The van der Waals surface area contributed by atoms with Gasteiger partial charge in [0.05, 0.1) is 23.8 Å². The highest BCUT2D eigenvalue weighted by Crippen LogP contribution is 2.28. The first-order valence-electron chi connectivity index (χ1n) is 11.1. The molecule has 2 N–H and O–H groups in total. The van der Waals surface area contributed by atoms with E-state index in [1.807, 2.05) is 49.0 Å². The maximum atomic E-state index is 12.5. The molecule has 0 aliphatic heterocycles. The van der Waals surface area contributed by atoms with E-state index in [0.717, 1.165) is 34.2 Å². The predicted octanol–water partition coefficient (Wildman–Crippen LogP) is 4.18. The Balaban J connectivity index is 1.48. The summed E-state index contributed by atoms with van der Waals surface area (Å²) in [5.74, 6) is 0.562. The van der Waals surface area contributed by atoms with Gasteiger partial charge >= 0.3 is 0 Å². The molecule has 0 radical (unpaired) electrons. The number of carbonyl (C=O) groups is 1. The van der Waals surface area contributed by atoms with Gasteiger partial charge in [-0.3, -0.25) is 9.48 Å². The molecular formula is C25H25N7O. The van der Waals surface area contributed by atoms with E-state index in [0.29, 0.717) is 24.3 Å². The number of hydrogen-bond donors (Lipinski definition) is 2. The molecule has 0 bridgehead atoms. The molecule has 0 saturated carbocycles. The monoisotopic (exact) mass is 439 g/mol. The molecular weight excluding hydrogens is 414 g/mol. The molecule has 0 atom stereocenters. The number of nitrogens with zero attached hydrogens (tertiary/aromatic N) is 5. The van der Waals surface area contributed by atoms with Crippen LogP contribution in [0.25, 0.3) is 16.4 Å². The minimum Gasteiger partial charge on any atom is -0.352 e. The lowest BCUT2D eigenvalue weighted by Crippen LogP contribution is -2.23. The van der Waals surface area contributed by atoms with Crippen molar-refractivity contribution >= 4 is 33.8 Å². The minimum absolute atomic E-state index is 0.0990. The van der Waals surface area contributed by atoms with E-state index in [1.54, 1.807) is 10.7 Å². The number of benzene rings is 2. The smallest absolute Gasteiger partial charge is 0.253 e. The van der Waals surface area contributed by atoms with Gasteiger partial charge in [-0.1, -0.05) is 37.3 Å². The number of fused-ring (bicyclic) bond motifs is 2. The van der Waals surface area contributed by atoms with E-state index < -0.39 is 0 Å². The van der Waals surface area contributed by atoms with Crippen molar-refractivity contribution < 1.29 is 4.79 Å². The summed E-state index contributed by atoms with van der Waals surface area (Å²) in [5, 5.41) is 16.2. The lowest BCUT2D eigenvalue weighted by molar-refractivity contribution is 0.0955. The minimum atomic E-state index is -0.0990. The highest BCUT2D eigenvalue weighted by molar-refractivity contribution is 5.99. The van der Waals surface area contributed by atoms with Crippen molar-refractivity contribution in [2.24, 2.45) is 0 Å². The molecule has 8 heteroatoms. The molecule has 0 saturated heterocycles. The molecule has 0 aliphatic rings. The molecule has 5 rings (SSSR count). The first-order chi connectivity index (χ1) is 16.2. The van der Waals surface area contributed by atoms with Crippen LogP contribution in [0.5, 0.6) is 0 Å². The summed E-state index contributed by atoms with van der Waals surface area (Å²) in [6, 6.07) is 16.4. The molecule has 0 spiro atoms. The van der Waals surface area contributed by atoms with Crippen molar-refractivity contribution in [1.82, 2.24) is 29.7 Å². The van der Waals surface area contributed by atoms with Crippen LogP contribution < -0.4 is 10.6 Å². The van der Waals surface area contributed by atoms with Crippen molar-refractivity contribution in [3.8, 4) is 0 Å². The summed E-state index contributed by atoms with van der Waals surface area (Å²) >= 11 is 0. The second-order valence-electron chi connectivity index (χ2n) is 7.82. The van der Waals surface area contributed by atoms with Crippen LogP contribution >= 0.6 is 0 Å². The highest BCUT2D eigenvalue weighted by atomic mass is 16.1. The zero-order valence-electron chi connectivity index (χ0n) is 18.6. The van der Waals surface area contributed by atoms with E-state index in [-0.39, 0.29) is 5.91 Å². The van der Waals surface area contributed by atoms with Crippen LogP contribution in [-0.4, -0.2) is 36.8 Å². The van der Waals surface area contributed by atoms with Gasteiger partial charge in [0.25, 0.3) is 5.91 Å². The second kappa shape index (κ2) is 8.74.